The molecule has 0 heterocycles. The monoisotopic (exact) mass is 223 g/mol. The number of carboxylic acids is 1. The molecule has 1 saturated carbocycles. The van der Waals surface area contributed by atoms with Crippen LogP contribution in [0.4, 0.5) is 0 Å². The first-order chi connectivity index (χ1) is 7.61. The van der Waals surface area contributed by atoms with Crippen LogP contribution in [0.3, 0.4) is 0 Å². The minimum absolute atomic E-state index is 0.109. The van der Waals surface area contributed by atoms with E-state index in [1.807, 2.05) is 0 Å². The number of aliphatic carboxylic acids is 1. The van der Waals surface area contributed by atoms with Crippen molar-refractivity contribution in [2.75, 3.05) is 6.54 Å². The van der Waals surface area contributed by atoms with Crippen LogP contribution in [0.25, 0.3) is 0 Å². The van der Waals surface area contributed by atoms with Crippen LogP contribution < -0.4 is 5.73 Å². The van der Waals surface area contributed by atoms with Crippen molar-refractivity contribution in [3.8, 4) is 0 Å². The van der Waals surface area contributed by atoms with E-state index < -0.39 is 5.97 Å². The average Bonchev–Trinajstić information content (AvgIpc) is 2.54. The number of hydrogen-bond donors (Lipinski definition) is 2. The van der Waals surface area contributed by atoms with Crippen LogP contribution in [0.2, 0.25) is 0 Å². The second-order valence-electron chi connectivity index (χ2n) is 5.39. The normalized spacial score (nSPS) is 36.5. The summed E-state index contributed by atoms with van der Waals surface area (Å²) in [6, 6.07) is 0. The number of carboxylic acid groups (broad SMARTS) is 1. The lowest BCUT2D eigenvalue weighted by atomic mass is 9.53. The first-order valence-corrected chi connectivity index (χ1v) is 6.22. The Morgan fingerprint density at radius 2 is 2.44 bits per heavy atom. The summed E-state index contributed by atoms with van der Waals surface area (Å²) in [6.07, 6.45) is 7.04. The highest BCUT2D eigenvalue weighted by molar-refractivity contribution is 5.68. The maximum atomic E-state index is 10.9. The van der Waals surface area contributed by atoms with Gasteiger partial charge in [0.1, 0.15) is 0 Å². The fourth-order valence-corrected chi connectivity index (χ4v) is 3.57. The van der Waals surface area contributed by atoms with Gasteiger partial charge in [0.25, 0.3) is 0 Å². The number of carbonyl (C=O) groups is 1. The minimum Gasteiger partial charge on any atom is -0.481 e. The molecule has 0 spiro atoms. The molecule has 3 atom stereocenters. The Morgan fingerprint density at radius 3 is 3.00 bits per heavy atom. The molecule has 0 aromatic rings. The first-order valence-electron chi connectivity index (χ1n) is 6.22. The summed E-state index contributed by atoms with van der Waals surface area (Å²) < 4.78 is 0. The first kappa shape index (κ1) is 11.6. The van der Waals surface area contributed by atoms with Crippen LogP contribution in [-0.2, 0) is 4.79 Å². The summed E-state index contributed by atoms with van der Waals surface area (Å²) in [5.74, 6) is 0.424. The molecular weight excluding hydrogens is 202 g/mol. The van der Waals surface area contributed by atoms with Crippen LogP contribution in [0.1, 0.15) is 39.0 Å². The van der Waals surface area contributed by atoms with E-state index in [-0.39, 0.29) is 11.8 Å². The van der Waals surface area contributed by atoms with Gasteiger partial charge in [0, 0.05) is 0 Å². The fourth-order valence-electron chi connectivity index (χ4n) is 3.57. The molecule has 2 aliphatic carbocycles. The largest absolute Gasteiger partial charge is 0.481 e. The Balaban J connectivity index is 2.01. The number of allylic oxidation sites excluding steroid dienone is 2. The molecule has 0 saturated heterocycles. The predicted molar refractivity (Wildman–Crippen MR) is 62.9 cm³/mol. The second kappa shape index (κ2) is 4.21. The van der Waals surface area contributed by atoms with Crippen molar-refractivity contribution in [2.24, 2.45) is 23.0 Å². The van der Waals surface area contributed by atoms with Crippen molar-refractivity contribution >= 4 is 5.97 Å². The van der Waals surface area contributed by atoms with E-state index in [9.17, 15) is 4.79 Å². The molecule has 0 radical (unpaired) electrons. The van der Waals surface area contributed by atoms with Crippen molar-refractivity contribution < 1.29 is 9.90 Å². The molecule has 3 heteroatoms. The molecule has 16 heavy (non-hydrogen) atoms. The van der Waals surface area contributed by atoms with Crippen LogP contribution in [-0.4, -0.2) is 17.6 Å². The fraction of sp³-hybridized carbons (Fsp3) is 0.769. The van der Waals surface area contributed by atoms with Crippen LogP contribution in [0.15, 0.2) is 11.6 Å². The van der Waals surface area contributed by atoms with Gasteiger partial charge >= 0.3 is 5.97 Å². The average molecular weight is 223 g/mol. The van der Waals surface area contributed by atoms with Gasteiger partial charge in [-0.25, -0.2) is 0 Å². The van der Waals surface area contributed by atoms with Crippen molar-refractivity contribution in [2.45, 2.75) is 39.0 Å². The van der Waals surface area contributed by atoms with Gasteiger partial charge in [-0.1, -0.05) is 25.0 Å². The smallest absolute Gasteiger partial charge is 0.303 e. The summed E-state index contributed by atoms with van der Waals surface area (Å²) in [6.45, 7) is 2.71. The Kier molecular flexibility index (Phi) is 3.06. The zero-order valence-corrected chi connectivity index (χ0v) is 9.91. The van der Waals surface area contributed by atoms with Crippen molar-refractivity contribution in [1.82, 2.24) is 0 Å². The standard InChI is InChI=1S/C13H21NO2/c1-2-3-9-4-10-6-13(8-14,7-12(15)16)11(10)5-9/h4,10-11H,2-3,5-8,14H2,1H3,(H,15,16)/t10-,11-,13-/m1/s1. The molecule has 1 fully saturated rings. The maximum absolute atomic E-state index is 10.9. The van der Waals surface area contributed by atoms with E-state index in [1.54, 1.807) is 0 Å². The Hall–Kier alpha value is -0.830. The van der Waals surface area contributed by atoms with Gasteiger partial charge in [-0.3, -0.25) is 4.79 Å². The zero-order chi connectivity index (χ0) is 11.8. The molecule has 3 nitrogen and oxygen atoms in total. The Bertz CT molecular complexity index is 324. The second-order valence-corrected chi connectivity index (χ2v) is 5.39. The van der Waals surface area contributed by atoms with E-state index >= 15 is 0 Å². The van der Waals surface area contributed by atoms with Gasteiger partial charge in [-0.15, -0.1) is 0 Å². The van der Waals surface area contributed by atoms with E-state index in [0.29, 0.717) is 18.4 Å². The minimum atomic E-state index is -0.701. The number of hydrogen-bond acceptors (Lipinski definition) is 2. The Morgan fingerprint density at radius 1 is 1.69 bits per heavy atom. The van der Waals surface area contributed by atoms with E-state index in [0.717, 1.165) is 12.8 Å². The van der Waals surface area contributed by atoms with Crippen molar-refractivity contribution in [3.05, 3.63) is 11.6 Å². The van der Waals surface area contributed by atoms with Gasteiger partial charge in [0.2, 0.25) is 0 Å². The highest BCUT2D eigenvalue weighted by atomic mass is 16.4. The van der Waals surface area contributed by atoms with Crippen LogP contribution in [0, 0.1) is 17.3 Å². The third kappa shape index (κ3) is 1.77. The molecule has 0 aliphatic heterocycles. The van der Waals surface area contributed by atoms with E-state index in [2.05, 4.69) is 13.0 Å². The third-order valence-electron chi connectivity index (χ3n) is 4.36. The van der Waals surface area contributed by atoms with E-state index in [4.69, 9.17) is 10.8 Å². The molecule has 0 aromatic carbocycles. The quantitative estimate of drug-likeness (QED) is 0.702. The van der Waals surface area contributed by atoms with Gasteiger partial charge in [0.15, 0.2) is 0 Å². The summed E-state index contributed by atoms with van der Waals surface area (Å²) in [5.41, 5.74) is 7.22. The lowest BCUT2D eigenvalue weighted by Gasteiger charge is -2.51. The van der Waals surface area contributed by atoms with Crippen molar-refractivity contribution in [1.29, 1.82) is 0 Å². The molecule has 0 bridgehead atoms. The number of nitrogens with two attached hydrogens (primary N) is 1. The van der Waals surface area contributed by atoms with Crippen molar-refractivity contribution in [3.63, 3.8) is 0 Å². The number of fused-ring (bicyclic) bond motifs is 1. The molecular formula is C13H21NO2. The zero-order valence-electron chi connectivity index (χ0n) is 9.91. The SMILES string of the molecule is CCCC1=C[C@@H]2C[C@](CN)(CC(=O)O)[C@@H]2C1. The maximum Gasteiger partial charge on any atom is 0.303 e. The van der Waals surface area contributed by atoms with Crippen LogP contribution >= 0.6 is 0 Å². The van der Waals surface area contributed by atoms with Gasteiger partial charge in [-0.05, 0) is 43.1 Å². The van der Waals surface area contributed by atoms with Crippen LogP contribution in [0.5, 0.6) is 0 Å². The van der Waals surface area contributed by atoms with Gasteiger partial charge < -0.3 is 10.8 Å². The van der Waals surface area contributed by atoms with Gasteiger partial charge in [-0.2, -0.15) is 0 Å². The number of rotatable bonds is 5. The molecule has 3 N–H and O–H groups in total. The lowest BCUT2D eigenvalue weighted by Crippen LogP contribution is -2.51. The molecule has 90 valence electrons. The summed E-state index contributed by atoms with van der Waals surface area (Å²) in [7, 11) is 0. The summed E-state index contributed by atoms with van der Waals surface area (Å²) >= 11 is 0. The lowest BCUT2D eigenvalue weighted by molar-refractivity contribution is -0.144. The Labute approximate surface area is 96.7 Å². The topological polar surface area (TPSA) is 63.3 Å². The molecule has 0 amide bonds. The molecule has 2 rings (SSSR count). The molecule has 0 unspecified atom stereocenters. The summed E-state index contributed by atoms with van der Waals surface area (Å²) in [4.78, 5) is 10.9. The molecule has 0 aromatic heterocycles. The summed E-state index contributed by atoms with van der Waals surface area (Å²) in [5, 5.41) is 8.96. The highest BCUT2D eigenvalue weighted by Crippen LogP contribution is 2.59. The predicted octanol–water partition coefficient (Wildman–Crippen LogP) is 2.17. The highest BCUT2D eigenvalue weighted by Gasteiger charge is 2.54. The van der Waals surface area contributed by atoms with Gasteiger partial charge in [0.05, 0.1) is 6.42 Å². The van der Waals surface area contributed by atoms with E-state index in [1.165, 1.54) is 18.4 Å². The third-order valence-corrected chi connectivity index (χ3v) is 4.36. The molecule has 2 aliphatic rings.